The van der Waals surface area contributed by atoms with Crippen molar-refractivity contribution in [3.63, 3.8) is 0 Å². The van der Waals surface area contributed by atoms with Crippen LogP contribution in [0.5, 0.6) is 17.4 Å². The number of piperidine rings is 1. The molecule has 1 aromatic heterocycles. The number of benzene rings is 1. The molecule has 0 atom stereocenters. The van der Waals surface area contributed by atoms with Gasteiger partial charge in [-0.15, -0.1) is 0 Å². The van der Waals surface area contributed by atoms with Gasteiger partial charge in [0.25, 0.3) is 5.91 Å². The molecule has 2 aromatic rings. The molecule has 0 radical (unpaired) electrons. The lowest BCUT2D eigenvalue weighted by atomic mass is 10.0. The Kier molecular flexibility index (Phi) is 6.18. The fourth-order valence-electron chi connectivity index (χ4n) is 3.81. The zero-order valence-corrected chi connectivity index (χ0v) is 17.2. The monoisotopic (exact) mass is 414 g/mol. The molecule has 3 heterocycles. The van der Waals surface area contributed by atoms with E-state index >= 15 is 0 Å². The van der Waals surface area contributed by atoms with Gasteiger partial charge < -0.3 is 28.7 Å². The highest BCUT2D eigenvalue weighted by atomic mass is 16.7. The molecule has 160 valence electrons. The van der Waals surface area contributed by atoms with Crippen LogP contribution in [0.25, 0.3) is 0 Å². The van der Waals surface area contributed by atoms with Crippen LogP contribution < -0.4 is 19.1 Å². The van der Waals surface area contributed by atoms with Gasteiger partial charge in [-0.3, -0.25) is 4.79 Å². The third-order valence-electron chi connectivity index (χ3n) is 5.43. The van der Waals surface area contributed by atoms with Crippen LogP contribution in [0.2, 0.25) is 0 Å². The number of methoxy groups -OCH3 is 2. The van der Waals surface area contributed by atoms with Gasteiger partial charge in [0, 0.05) is 50.6 Å². The summed E-state index contributed by atoms with van der Waals surface area (Å²) in [5.74, 6) is 2.45. The number of fused-ring (bicyclic) bond motifs is 1. The van der Waals surface area contributed by atoms with Gasteiger partial charge in [-0.1, -0.05) is 0 Å². The van der Waals surface area contributed by atoms with Gasteiger partial charge in [-0.2, -0.15) is 4.98 Å². The molecule has 0 aliphatic carbocycles. The molecule has 0 bridgehead atoms. The Morgan fingerprint density at radius 3 is 2.77 bits per heavy atom. The fourth-order valence-corrected chi connectivity index (χ4v) is 3.81. The number of anilines is 1. The second-order valence-electron chi connectivity index (χ2n) is 7.18. The minimum Gasteiger partial charge on any atom is -0.481 e. The summed E-state index contributed by atoms with van der Waals surface area (Å²) in [5, 5.41) is 0. The Labute approximate surface area is 175 Å². The fraction of sp³-hybridized carbons (Fsp3) is 0.476. The van der Waals surface area contributed by atoms with Gasteiger partial charge in [-0.05, 0) is 31.0 Å². The zero-order chi connectivity index (χ0) is 20.9. The summed E-state index contributed by atoms with van der Waals surface area (Å²) in [4.78, 5) is 26.1. The van der Waals surface area contributed by atoms with E-state index in [0.717, 1.165) is 25.9 Å². The van der Waals surface area contributed by atoms with E-state index in [1.54, 1.807) is 44.7 Å². The van der Waals surface area contributed by atoms with Crippen LogP contribution in [0.4, 0.5) is 5.95 Å². The van der Waals surface area contributed by atoms with Crippen molar-refractivity contribution in [2.45, 2.75) is 18.9 Å². The molecule has 9 nitrogen and oxygen atoms in total. The number of aromatic nitrogens is 2. The minimum absolute atomic E-state index is 0.0265. The first-order chi connectivity index (χ1) is 14.7. The number of carbonyl (C=O) groups excluding carboxylic acids is 1. The van der Waals surface area contributed by atoms with Gasteiger partial charge in [0.2, 0.25) is 18.6 Å². The minimum atomic E-state index is -0.0265. The average molecular weight is 414 g/mol. The second kappa shape index (κ2) is 9.17. The van der Waals surface area contributed by atoms with Crippen molar-refractivity contribution in [3.05, 3.63) is 36.0 Å². The molecule has 2 aliphatic rings. The van der Waals surface area contributed by atoms with Crippen molar-refractivity contribution in [1.29, 1.82) is 0 Å². The maximum Gasteiger partial charge on any atom is 0.254 e. The normalized spacial score (nSPS) is 15.9. The highest BCUT2D eigenvalue weighted by Crippen LogP contribution is 2.33. The van der Waals surface area contributed by atoms with E-state index in [1.165, 1.54) is 0 Å². The third kappa shape index (κ3) is 4.25. The average Bonchev–Trinajstić information content (AvgIpc) is 3.27. The molecule has 2 aliphatic heterocycles. The van der Waals surface area contributed by atoms with Crippen LogP contribution in [-0.2, 0) is 4.74 Å². The zero-order valence-electron chi connectivity index (χ0n) is 17.2. The smallest absolute Gasteiger partial charge is 0.254 e. The summed E-state index contributed by atoms with van der Waals surface area (Å²) in [6.45, 7) is 2.72. The summed E-state index contributed by atoms with van der Waals surface area (Å²) < 4.78 is 21.2. The van der Waals surface area contributed by atoms with E-state index in [1.807, 2.05) is 4.90 Å². The number of hydrogen-bond donors (Lipinski definition) is 0. The largest absolute Gasteiger partial charge is 0.481 e. The molecule has 0 N–H and O–H groups in total. The number of amides is 1. The molecule has 9 heteroatoms. The number of hydrogen-bond acceptors (Lipinski definition) is 8. The molecule has 1 aromatic carbocycles. The van der Waals surface area contributed by atoms with E-state index in [9.17, 15) is 4.79 Å². The first-order valence-electron chi connectivity index (χ1n) is 10.0. The van der Waals surface area contributed by atoms with Crippen molar-refractivity contribution < 1.29 is 23.7 Å². The van der Waals surface area contributed by atoms with Crippen LogP contribution in [0.15, 0.2) is 30.5 Å². The van der Waals surface area contributed by atoms with Gasteiger partial charge in [0.05, 0.1) is 13.7 Å². The van der Waals surface area contributed by atoms with E-state index in [0.29, 0.717) is 42.0 Å². The lowest BCUT2D eigenvalue weighted by molar-refractivity contribution is 0.0568. The van der Waals surface area contributed by atoms with E-state index in [-0.39, 0.29) is 18.7 Å². The molecule has 4 rings (SSSR count). The summed E-state index contributed by atoms with van der Waals surface area (Å²) in [6, 6.07) is 7.16. The highest BCUT2D eigenvalue weighted by molar-refractivity contribution is 5.95. The Morgan fingerprint density at radius 2 is 2.00 bits per heavy atom. The maximum atomic E-state index is 13.3. The van der Waals surface area contributed by atoms with E-state index < -0.39 is 0 Å². The van der Waals surface area contributed by atoms with Crippen molar-refractivity contribution in [2.24, 2.45) is 0 Å². The third-order valence-corrected chi connectivity index (χ3v) is 5.43. The summed E-state index contributed by atoms with van der Waals surface area (Å²) in [5.41, 5.74) is 0.592. The molecule has 0 unspecified atom stereocenters. The summed E-state index contributed by atoms with van der Waals surface area (Å²) >= 11 is 0. The Morgan fingerprint density at radius 1 is 1.20 bits per heavy atom. The topological polar surface area (TPSA) is 86.2 Å². The van der Waals surface area contributed by atoms with Gasteiger partial charge in [0.1, 0.15) is 0 Å². The highest BCUT2D eigenvalue weighted by Gasteiger charge is 2.30. The number of rotatable bonds is 7. The summed E-state index contributed by atoms with van der Waals surface area (Å²) in [7, 11) is 3.24. The van der Waals surface area contributed by atoms with Gasteiger partial charge >= 0.3 is 0 Å². The SMILES string of the molecule is COCCN(C(=O)c1ccc2c(c1)OCO2)C1CCN(c2nccc(OC)n2)CC1. The Balaban J connectivity index is 1.45. The standard InChI is InChI=1S/C21H26N4O5/c1-27-12-11-25(20(26)15-3-4-17-18(13-15)30-14-29-17)16-6-9-24(10-7-16)21-22-8-5-19(23-21)28-2/h3-5,8,13,16H,6-7,9-12,14H2,1-2H3. The first-order valence-corrected chi connectivity index (χ1v) is 10.0. The maximum absolute atomic E-state index is 13.3. The molecular formula is C21H26N4O5. The lowest BCUT2D eigenvalue weighted by Crippen LogP contribution is -2.49. The second-order valence-corrected chi connectivity index (χ2v) is 7.18. The van der Waals surface area contributed by atoms with Crippen LogP contribution in [-0.4, -0.2) is 74.1 Å². The van der Waals surface area contributed by atoms with Crippen LogP contribution in [0, 0.1) is 0 Å². The van der Waals surface area contributed by atoms with Gasteiger partial charge in [-0.25, -0.2) is 4.98 Å². The lowest BCUT2D eigenvalue weighted by Gasteiger charge is -2.38. The van der Waals surface area contributed by atoms with E-state index in [2.05, 4.69) is 14.9 Å². The number of ether oxygens (including phenoxy) is 4. The number of nitrogens with zero attached hydrogens (tertiary/aromatic N) is 4. The van der Waals surface area contributed by atoms with Crippen molar-refractivity contribution in [3.8, 4) is 17.4 Å². The van der Waals surface area contributed by atoms with Crippen molar-refractivity contribution >= 4 is 11.9 Å². The molecule has 1 amide bonds. The molecule has 30 heavy (non-hydrogen) atoms. The molecular weight excluding hydrogens is 388 g/mol. The molecule has 0 spiro atoms. The van der Waals surface area contributed by atoms with Gasteiger partial charge in [0.15, 0.2) is 11.5 Å². The first kappa shape index (κ1) is 20.2. The van der Waals surface area contributed by atoms with Crippen LogP contribution >= 0.6 is 0 Å². The molecule has 1 fully saturated rings. The predicted molar refractivity (Wildman–Crippen MR) is 109 cm³/mol. The predicted octanol–water partition coefficient (Wildman–Crippen LogP) is 1.97. The van der Waals surface area contributed by atoms with Crippen LogP contribution in [0.1, 0.15) is 23.2 Å². The number of carbonyl (C=O) groups is 1. The van der Waals surface area contributed by atoms with Crippen LogP contribution in [0.3, 0.4) is 0 Å². The molecule has 1 saturated heterocycles. The quantitative estimate of drug-likeness (QED) is 0.680. The summed E-state index contributed by atoms with van der Waals surface area (Å²) in [6.07, 6.45) is 3.34. The molecule has 0 saturated carbocycles. The Bertz CT molecular complexity index is 885. The van der Waals surface area contributed by atoms with E-state index in [4.69, 9.17) is 18.9 Å². The van der Waals surface area contributed by atoms with Crippen molar-refractivity contribution in [1.82, 2.24) is 14.9 Å². The Hall–Kier alpha value is -3.07. The van der Waals surface area contributed by atoms with Crippen molar-refractivity contribution in [2.75, 3.05) is 52.2 Å².